The van der Waals surface area contributed by atoms with E-state index in [1.54, 1.807) is 24.1 Å². The van der Waals surface area contributed by atoms with Crippen LogP contribution in [0.2, 0.25) is 0 Å². The maximum Gasteiger partial charge on any atom is 0.255 e. The molecule has 2 amide bonds. The van der Waals surface area contributed by atoms with E-state index >= 15 is 0 Å². The zero-order chi connectivity index (χ0) is 20.4. The highest BCUT2D eigenvalue weighted by molar-refractivity contribution is 6.14. The predicted octanol–water partition coefficient (Wildman–Crippen LogP) is 4.12. The van der Waals surface area contributed by atoms with Gasteiger partial charge in [0, 0.05) is 5.69 Å². The van der Waals surface area contributed by atoms with E-state index in [4.69, 9.17) is 4.74 Å². The van der Waals surface area contributed by atoms with E-state index in [0.29, 0.717) is 17.1 Å². The first kappa shape index (κ1) is 18.7. The lowest BCUT2D eigenvalue weighted by Gasteiger charge is -2.40. The molecule has 0 aliphatic carbocycles. The van der Waals surface area contributed by atoms with Gasteiger partial charge in [0.1, 0.15) is 18.3 Å². The van der Waals surface area contributed by atoms with Crippen molar-refractivity contribution < 1.29 is 14.3 Å². The highest BCUT2D eigenvalue weighted by Gasteiger charge is 2.42. The number of para-hydroxylation sites is 2. The fraction of sp³-hybridized carbons (Fsp3) is 0.167. The minimum Gasteiger partial charge on any atom is -0.495 e. The maximum atomic E-state index is 13.7. The molecule has 0 N–H and O–H groups in total. The summed E-state index contributed by atoms with van der Waals surface area (Å²) in [7, 11) is 1.56. The van der Waals surface area contributed by atoms with Crippen LogP contribution in [0.3, 0.4) is 0 Å². The van der Waals surface area contributed by atoms with Gasteiger partial charge in [-0.1, -0.05) is 60.2 Å². The van der Waals surface area contributed by atoms with Crippen LogP contribution in [0.1, 0.15) is 17.2 Å². The van der Waals surface area contributed by atoms with Gasteiger partial charge in [-0.25, -0.2) is 0 Å². The number of piperazine rings is 1. The van der Waals surface area contributed by atoms with Crippen molar-refractivity contribution in [2.45, 2.75) is 13.0 Å². The van der Waals surface area contributed by atoms with E-state index in [-0.39, 0.29) is 18.4 Å². The van der Waals surface area contributed by atoms with Crippen LogP contribution >= 0.6 is 0 Å². The Balaban J connectivity index is 1.82. The highest BCUT2D eigenvalue weighted by Crippen LogP contribution is 2.37. The number of ether oxygens (including phenoxy) is 1. The van der Waals surface area contributed by atoms with Gasteiger partial charge in [0.2, 0.25) is 5.91 Å². The fourth-order valence-corrected chi connectivity index (χ4v) is 3.67. The maximum absolute atomic E-state index is 13.7. The number of rotatable bonds is 4. The van der Waals surface area contributed by atoms with Crippen LogP contribution < -0.4 is 14.5 Å². The quantitative estimate of drug-likeness (QED) is 0.678. The molecule has 5 nitrogen and oxygen atoms in total. The number of hydrogen-bond acceptors (Lipinski definition) is 3. The van der Waals surface area contributed by atoms with Crippen molar-refractivity contribution >= 4 is 23.2 Å². The number of aryl methyl sites for hydroxylation is 1. The van der Waals surface area contributed by atoms with E-state index in [2.05, 4.69) is 0 Å². The molecule has 3 aromatic rings. The smallest absolute Gasteiger partial charge is 0.255 e. The summed E-state index contributed by atoms with van der Waals surface area (Å²) in [5, 5.41) is 0. The topological polar surface area (TPSA) is 49.9 Å². The van der Waals surface area contributed by atoms with Crippen molar-refractivity contribution in [3.05, 3.63) is 90.0 Å². The zero-order valence-corrected chi connectivity index (χ0v) is 16.4. The molecule has 1 atom stereocenters. The van der Waals surface area contributed by atoms with Crippen LogP contribution in [0.15, 0.2) is 78.9 Å². The highest BCUT2D eigenvalue weighted by atomic mass is 16.5. The first-order chi connectivity index (χ1) is 14.1. The number of carbonyl (C=O) groups excluding carboxylic acids is 2. The number of anilines is 2. The molecule has 146 valence electrons. The second-order valence-electron chi connectivity index (χ2n) is 7.01. The van der Waals surface area contributed by atoms with Gasteiger partial charge in [-0.3, -0.25) is 19.4 Å². The molecule has 5 heteroatoms. The van der Waals surface area contributed by atoms with E-state index in [9.17, 15) is 9.59 Å². The summed E-state index contributed by atoms with van der Waals surface area (Å²) >= 11 is 0. The lowest BCUT2D eigenvalue weighted by molar-refractivity contribution is -0.128. The Hall–Kier alpha value is -3.60. The summed E-state index contributed by atoms with van der Waals surface area (Å²) in [6.45, 7) is 1.95. The second-order valence-corrected chi connectivity index (χ2v) is 7.01. The number of benzene rings is 3. The molecule has 1 saturated heterocycles. The Bertz CT molecular complexity index is 1030. The first-order valence-corrected chi connectivity index (χ1v) is 9.48. The zero-order valence-electron chi connectivity index (χ0n) is 16.4. The summed E-state index contributed by atoms with van der Waals surface area (Å²) in [5.74, 6) is 0.248. The minimum atomic E-state index is -0.745. The van der Waals surface area contributed by atoms with Crippen molar-refractivity contribution in [1.82, 2.24) is 0 Å². The molecule has 29 heavy (non-hydrogen) atoms. The predicted molar refractivity (Wildman–Crippen MR) is 113 cm³/mol. The average Bonchev–Trinajstić information content (AvgIpc) is 2.76. The van der Waals surface area contributed by atoms with Crippen LogP contribution in [0.4, 0.5) is 11.4 Å². The first-order valence-electron chi connectivity index (χ1n) is 9.48. The fourth-order valence-electron chi connectivity index (χ4n) is 3.67. The third kappa shape index (κ3) is 3.47. The van der Waals surface area contributed by atoms with Gasteiger partial charge in [-0.2, -0.15) is 0 Å². The SMILES string of the molecule is COc1ccccc1N1CC(=O)N(c2ccc(C)cc2)[C@H](c2ccccc2)C1=O. The molecule has 0 radical (unpaired) electrons. The van der Waals surface area contributed by atoms with Crippen molar-refractivity contribution in [3.8, 4) is 5.75 Å². The van der Waals surface area contributed by atoms with Crippen LogP contribution in [0.5, 0.6) is 5.75 Å². The average molecular weight is 386 g/mol. The van der Waals surface area contributed by atoms with E-state index in [0.717, 1.165) is 11.1 Å². The second kappa shape index (κ2) is 7.80. The molecule has 0 bridgehead atoms. The third-order valence-corrected chi connectivity index (χ3v) is 5.12. The molecule has 0 aromatic heterocycles. The summed E-state index contributed by atoms with van der Waals surface area (Å²) in [6.07, 6.45) is 0. The number of methoxy groups -OCH3 is 1. The molecular weight excluding hydrogens is 364 g/mol. The number of carbonyl (C=O) groups is 2. The van der Waals surface area contributed by atoms with Gasteiger partial charge in [0.15, 0.2) is 0 Å². The van der Waals surface area contributed by atoms with Crippen molar-refractivity contribution in [2.24, 2.45) is 0 Å². The Kier molecular flexibility index (Phi) is 5.04. The van der Waals surface area contributed by atoms with Gasteiger partial charge in [-0.15, -0.1) is 0 Å². The Morgan fingerprint density at radius 2 is 1.52 bits per heavy atom. The van der Waals surface area contributed by atoms with E-state index in [1.807, 2.05) is 73.7 Å². The third-order valence-electron chi connectivity index (χ3n) is 5.12. The van der Waals surface area contributed by atoms with Crippen LogP contribution in [0.25, 0.3) is 0 Å². The molecule has 1 aliphatic heterocycles. The Labute approximate surface area is 170 Å². The molecule has 1 heterocycles. The summed E-state index contributed by atoms with van der Waals surface area (Å²) in [5.41, 5.74) is 3.17. The lowest BCUT2D eigenvalue weighted by Crippen LogP contribution is -2.56. The van der Waals surface area contributed by atoms with Crippen LogP contribution in [-0.2, 0) is 9.59 Å². The molecule has 1 aliphatic rings. The van der Waals surface area contributed by atoms with Crippen LogP contribution in [0, 0.1) is 6.92 Å². The van der Waals surface area contributed by atoms with Crippen molar-refractivity contribution in [3.63, 3.8) is 0 Å². The molecule has 0 spiro atoms. The molecule has 0 unspecified atom stereocenters. The normalized spacial score (nSPS) is 16.8. The lowest BCUT2D eigenvalue weighted by atomic mass is 9.99. The van der Waals surface area contributed by atoms with Gasteiger partial charge in [0.05, 0.1) is 12.8 Å². The van der Waals surface area contributed by atoms with Gasteiger partial charge < -0.3 is 4.74 Å². The van der Waals surface area contributed by atoms with E-state index in [1.165, 1.54) is 4.90 Å². The molecule has 4 rings (SSSR count). The van der Waals surface area contributed by atoms with Gasteiger partial charge in [0.25, 0.3) is 5.91 Å². The van der Waals surface area contributed by atoms with Gasteiger partial charge >= 0.3 is 0 Å². The Morgan fingerprint density at radius 3 is 2.21 bits per heavy atom. The summed E-state index contributed by atoms with van der Waals surface area (Å²) < 4.78 is 5.43. The molecule has 1 fully saturated rings. The molecule has 3 aromatic carbocycles. The molecular formula is C24H22N2O3. The summed E-state index contributed by atoms with van der Waals surface area (Å²) in [4.78, 5) is 30.1. The Morgan fingerprint density at radius 1 is 0.862 bits per heavy atom. The van der Waals surface area contributed by atoms with Gasteiger partial charge in [-0.05, 0) is 36.8 Å². The summed E-state index contributed by atoms with van der Waals surface area (Å²) in [6, 6.07) is 23.6. The van der Waals surface area contributed by atoms with Crippen molar-refractivity contribution in [1.29, 1.82) is 0 Å². The standard InChI is InChI=1S/C24H22N2O3/c1-17-12-14-19(15-13-17)26-22(27)16-25(20-10-6-7-11-21(20)29-2)24(28)23(26)18-8-4-3-5-9-18/h3-15,23H,16H2,1-2H3/t23-/m1/s1. The van der Waals surface area contributed by atoms with Crippen molar-refractivity contribution in [2.75, 3.05) is 23.5 Å². The number of hydrogen-bond donors (Lipinski definition) is 0. The largest absolute Gasteiger partial charge is 0.495 e. The minimum absolute atomic E-state index is 0.0452. The van der Waals surface area contributed by atoms with E-state index < -0.39 is 6.04 Å². The molecule has 0 saturated carbocycles. The number of nitrogens with zero attached hydrogens (tertiary/aromatic N) is 2. The van der Waals surface area contributed by atoms with Crippen LogP contribution in [-0.4, -0.2) is 25.5 Å². The monoisotopic (exact) mass is 386 g/mol. The number of amides is 2.